The second kappa shape index (κ2) is 24.3. The van der Waals surface area contributed by atoms with Gasteiger partial charge in [-0.1, -0.05) is 13.8 Å². The molecule has 0 aliphatic rings. The maximum atomic E-state index is 12.0. The first-order valence-electron chi connectivity index (χ1n) is 15.0. The molecule has 0 radical (unpaired) electrons. The molecule has 0 aromatic carbocycles. The van der Waals surface area contributed by atoms with Crippen molar-refractivity contribution in [2.45, 2.75) is 105 Å². The molecular formula is C29H61O10P. The lowest BCUT2D eigenvalue weighted by Gasteiger charge is -2.33. The number of ether oxygens (including phenoxy) is 7. The highest BCUT2D eigenvalue weighted by molar-refractivity contribution is 7.53. The Hall–Kier alpha value is -0.130. The lowest BCUT2D eigenvalue weighted by Crippen LogP contribution is -2.42. The Morgan fingerprint density at radius 2 is 0.825 bits per heavy atom. The maximum absolute atomic E-state index is 12.0. The quantitative estimate of drug-likeness (QED) is 0.0875. The number of hydrogen-bond acceptors (Lipinski definition) is 9. The second-order valence-electron chi connectivity index (χ2n) is 11.4. The van der Waals surface area contributed by atoms with Crippen LogP contribution in [0.1, 0.15) is 81.1 Å². The first-order valence-corrected chi connectivity index (χ1v) is 16.7. The average molecular weight is 601 g/mol. The van der Waals surface area contributed by atoms with Gasteiger partial charge in [0.25, 0.3) is 0 Å². The smallest absolute Gasteiger partial charge is 0.330 e. The predicted octanol–water partition coefficient (Wildman–Crippen LogP) is 5.49. The standard InChI is InChI=1S/C29H61O10P/c1-25(2)36-17-9-13-32-21-29(22-33-14-10-18-37-26(3)4,23-34-15-11-19-38-27(5)6)24-35-16-12-20-39-40(30,31)28(7)8/h25-28H,9-24H2,1-8H3,(H,30,31). The molecule has 11 heteroatoms. The highest BCUT2D eigenvalue weighted by atomic mass is 31.2. The summed E-state index contributed by atoms with van der Waals surface area (Å²) in [4.78, 5) is 9.86. The van der Waals surface area contributed by atoms with Gasteiger partial charge in [0.1, 0.15) is 0 Å². The van der Waals surface area contributed by atoms with Gasteiger partial charge in [-0.3, -0.25) is 4.57 Å². The summed E-state index contributed by atoms with van der Waals surface area (Å²) in [6.45, 7) is 21.2. The lowest BCUT2D eigenvalue weighted by molar-refractivity contribution is -0.111. The fraction of sp³-hybridized carbons (Fsp3) is 1.00. The molecule has 242 valence electrons. The van der Waals surface area contributed by atoms with Crippen molar-refractivity contribution in [3.8, 4) is 0 Å². The van der Waals surface area contributed by atoms with Gasteiger partial charge in [-0.15, -0.1) is 0 Å². The van der Waals surface area contributed by atoms with E-state index >= 15 is 0 Å². The molecule has 40 heavy (non-hydrogen) atoms. The summed E-state index contributed by atoms with van der Waals surface area (Å²) in [7, 11) is -3.58. The van der Waals surface area contributed by atoms with E-state index in [1.54, 1.807) is 13.8 Å². The highest BCUT2D eigenvalue weighted by Gasteiger charge is 2.32. The zero-order chi connectivity index (χ0) is 30.3. The summed E-state index contributed by atoms with van der Waals surface area (Å²) in [5.74, 6) is 0. The van der Waals surface area contributed by atoms with Gasteiger partial charge in [0.05, 0.1) is 62.4 Å². The third kappa shape index (κ3) is 23.4. The van der Waals surface area contributed by atoms with Crippen molar-refractivity contribution in [2.75, 3.05) is 79.3 Å². The Balaban J connectivity index is 5.03. The molecule has 10 nitrogen and oxygen atoms in total. The fourth-order valence-corrected chi connectivity index (χ4v) is 4.04. The van der Waals surface area contributed by atoms with Crippen molar-refractivity contribution < 1.29 is 47.1 Å². The van der Waals surface area contributed by atoms with E-state index in [0.29, 0.717) is 79.1 Å². The first-order chi connectivity index (χ1) is 18.9. The minimum atomic E-state index is -3.58. The van der Waals surface area contributed by atoms with E-state index in [4.69, 9.17) is 37.7 Å². The first kappa shape index (κ1) is 39.9. The largest absolute Gasteiger partial charge is 0.381 e. The highest BCUT2D eigenvalue weighted by Crippen LogP contribution is 2.46. The van der Waals surface area contributed by atoms with Gasteiger partial charge in [0, 0.05) is 46.2 Å². The Labute approximate surface area is 244 Å². The minimum Gasteiger partial charge on any atom is -0.381 e. The van der Waals surface area contributed by atoms with E-state index in [9.17, 15) is 9.46 Å². The molecule has 0 aliphatic carbocycles. The van der Waals surface area contributed by atoms with Crippen LogP contribution in [0.15, 0.2) is 0 Å². The van der Waals surface area contributed by atoms with Crippen molar-refractivity contribution in [1.82, 2.24) is 0 Å². The Kier molecular flexibility index (Phi) is 24.2. The Bertz CT molecular complexity index is 565. The van der Waals surface area contributed by atoms with Crippen LogP contribution in [0.5, 0.6) is 0 Å². The van der Waals surface area contributed by atoms with Crippen LogP contribution in [-0.4, -0.2) is 108 Å². The molecule has 0 saturated carbocycles. The van der Waals surface area contributed by atoms with E-state index in [-0.39, 0.29) is 24.9 Å². The van der Waals surface area contributed by atoms with Crippen LogP contribution in [-0.2, 0) is 42.2 Å². The van der Waals surface area contributed by atoms with Crippen molar-refractivity contribution in [1.29, 1.82) is 0 Å². The molecule has 0 amide bonds. The Morgan fingerprint density at radius 1 is 0.525 bits per heavy atom. The summed E-state index contributed by atoms with van der Waals surface area (Å²) in [6.07, 6.45) is 3.47. The van der Waals surface area contributed by atoms with E-state index in [1.165, 1.54) is 0 Å². The van der Waals surface area contributed by atoms with E-state index in [1.807, 2.05) is 41.5 Å². The SMILES string of the molecule is CC(C)OCCCOCC(COCCCOC(C)C)(COCCCOC(C)C)COCCCOP(=O)(O)C(C)C. The summed E-state index contributed by atoms with van der Waals surface area (Å²) in [5.41, 5.74) is -0.947. The molecule has 0 aliphatic heterocycles. The van der Waals surface area contributed by atoms with Gasteiger partial charge in [0.2, 0.25) is 0 Å². The molecule has 1 unspecified atom stereocenters. The van der Waals surface area contributed by atoms with Crippen molar-refractivity contribution >= 4 is 7.60 Å². The van der Waals surface area contributed by atoms with Gasteiger partial charge in [-0.05, 0) is 67.2 Å². The normalized spacial score (nSPS) is 14.2. The van der Waals surface area contributed by atoms with Crippen LogP contribution in [0.2, 0.25) is 0 Å². The molecule has 0 fully saturated rings. The molecule has 1 atom stereocenters. The van der Waals surface area contributed by atoms with Crippen LogP contribution in [0, 0.1) is 5.41 Å². The summed E-state index contributed by atoms with van der Waals surface area (Å²) in [5, 5.41) is 0. The van der Waals surface area contributed by atoms with Crippen molar-refractivity contribution in [3.05, 3.63) is 0 Å². The molecule has 0 bridgehead atoms. The van der Waals surface area contributed by atoms with Crippen molar-refractivity contribution in [3.63, 3.8) is 0 Å². The van der Waals surface area contributed by atoms with Gasteiger partial charge < -0.3 is 42.6 Å². The summed E-state index contributed by atoms with van der Waals surface area (Å²) >= 11 is 0. The molecule has 0 spiro atoms. The van der Waals surface area contributed by atoms with Gasteiger partial charge in [-0.2, -0.15) is 0 Å². The van der Waals surface area contributed by atoms with Crippen LogP contribution in [0.3, 0.4) is 0 Å². The molecule has 0 rings (SSSR count). The monoisotopic (exact) mass is 600 g/mol. The molecule has 0 aromatic rings. The fourth-order valence-electron chi connectivity index (χ4n) is 3.35. The summed E-state index contributed by atoms with van der Waals surface area (Å²) < 4.78 is 58.4. The molecular weight excluding hydrogens is 539 g/mol. The van der Waals surface area contributed by atoms with Crippen LogP contribution < -0.4 is 0 Å². The number of hydrogen-bond donors (Lipinski definition) is 1. The maximum Gasteiger partial charge on any atom is 0.330 e. The third-order valence-electron chi connectivity index (χ3n) is 5.65. The predicted molar refractivity (Wildman–Crippen MR) is 158 cm³/mol. The van der Waals surface area contributed by atoms with E-state index in [2.05, 4.69) is 0 Å². The zero-order valence-corrected chi connectivity index (χ0v) is 27.6. The lowest BCUT2D eigenvalue weighted by atomic mass is 9.92. The number of rotatable bonds is 29. The average Bonchev–Trinajstić information content (AvgIpc) is 2.86. The minimum absolute atomic E-state index is 0.157. The zero-order valence-electron chi connectivity index (χ0n) is 26.7. The third-order valence-corrected chi connectivity index (χ3v) is 7.51. The topological polar surface area (TPSA) is 111 Å². The second-order valence-corrected chi connectivity index (χ2v) is 13.8. The van der Waals surface area contributed by atoms with Crippen LogP contribution in [0.4, 0.5) is 0 Å². The molecule has 0 heterocycles. The van der Waals surface area contributed by atoms with Gasteiger partial charge in [0.15, 0.2) is 0 Å². The molecule has 0 aromatic heterocycles. The summed E-state index contributed by atoms with van der Waals surface area (Å²) in [6, 6.07) is 0. The Morgan fingerprint density at radius 3 is 1.10 bits per heavy atom. The van der Waals surface area contributed by atoms with Gasteiger partial charge >= 0.3 is 7.60 Å². The van der Waals surface area contributed by atoms with Crippen molar-refractivity contribution in [2.24, 2.45) is 5.41 Å². The van der Waals surface area contributed by atoms with Crippen LogP contribution >= 0.6 is 7.60 Å². The molecule has 1 N–H and O–H groups in total. The van der Waals surface area contributed by atoms with E-state index < -0.39 is 18.7 Å². The van der Waals surface area contributed by atoms with Crippen LogP contribution in [0.25, 0.3) is 0 Å². The molecule has 0 saturated heterocycles. The van der Waals surface area contributed by atoms with E-state index in [0.717, 1.165) is 19.3 Å². The van der Waals surface area contributed by atoms with Gasteiger partial charge in [-0.25, -0.2) is 0 Å².